The van der Waals surface area contributed by atoms with Gasteiger partial charge in [-0.1, -0.05) is 36.4 Å². The Morgan fingerprint density at radius 3 is 2.48 bits per heavy atom. The molecule has 0 amide bonds. The molecule has 0 aliphatic heterocycles. The highest BCUT2D eigenvalue weighted by molar-refractivity contribution is 7.12. The molecule has 102 valence electrons. The fourth-order valence-electron chi connectivity index (χ4n) is 2.53. The Balaban J connectivity index is 2.09. The summed E-state index contributed by atoms with van der Waals surface area (Å²) in [7, 11) is 0. The summed E-state index contributed by atoms with van der Waals surface area (Å²) in [6.45, 7) is 4.14. The number of thiophene rings is 1. The molecule has 1 nitrogen and oxygen atoms in total. The van der Waals surface area contributed by atoms with E-state index < -0.39 is 0 Å². The van der Waals surface area contributed by atoms with Crippen LogP contribution in [0.2, 0.25) is 0 Å². The lowest BCUT2D eigenvalue weighted by atomic mass is 10.0. The van der Waals surface area contributed by atoms with Gasteiger partial charge in [-0.05, 0) is 48.4 Å². The molecule has 0 bridgehead atoms. The fraction of sp³-hybridized carbons (Fsp3) is 0.105. The van der Waals surface area contributed by atoms with Gasteiger partial charge in [-0.3, -0.25) is 0 Å². The maximum atomic E-state index is 9.47. The van der Waals surface area contributed by atoms with E-state index >= 15 is 0 Å². The van der Waals surface area contributed by atoms with Gasteiger partial charge < -0.3 is 0 Å². The van der Waals surface area contributed by atoms with E-state index in [2.05, 4.69) is 56.3 Å². The molecule has 0 atom stereocenters. The second kappa shape index (κ2) is 5.55. The lowest BCUT2D eigenvalue weighted by Gasteiger charge is -2.01. The van der Waals surface area contributed by atoms with Gasteiger partial charge in [0, 0.05) is 15.3 Å². The van der Waals surface area contributed by atoms with Gasteiger partial charge in [0.1, 0.15) is 0 Å². The van der Waals surface area contributed by atoms with E-state index in [0.29, 0.717) is 0 Å². The molecular formula is C19H15NS. The van der Waals surface area contributed by atoms with Gasteiger partial charge in [0.15, 0.2) is 0 Å². The van der Waals surface area contributed by atoms with Gasteiger partial charge >= 0.3 is 0 Å². The van der Waals surface area contributed by atoms with Crippen molar-refractivity contribution in [3.8, 4) is 6.07 Å². The molecule has 0 aliphatic rings. The van der Waals surface area contributed by atoms with E-state index in [1.807, 2.05) is 18.2 Å². The highest BCUT2D eigenvalue weighted by Gasteiger charge is 2.08. The van der Waals surface area contributed by atoms with Crippen LogP contribution in [0, 0.1) is 25.2 Å². The van der Waals surface area contributed by atoms with E-state index in [9.17, 15) is 5.26 Å². The van der Waals surface area contributed by atoms with Gasteiger partial charge in [-0.2, -0.15) is 5.26 Å². The van der Waals surface area contributed by atoms with E-state index in [4.69, 9.17) is 0 Å². The van der Waals surface area contributed by atoms with Crippen LogP contribution >= 0.6 is 11.3 Å². The summed E-state index contributed by atoms with van der Waals surface area (Å²) in [5, 5.41) is 11.9. The summed E-state index contributed by atoms with van der Waals surface area (Å²) in [5.41, 5.74) is 2.84. The predicted molar refractivity (Wildman–Crippen MR) is 91.2 cm³/mol. The summed E-state index contributed by atoms with van der Waals surface area (Å²) in [4.78, 5) is 2.43. The molecule has 3 rings (SSSR count). The molecule has 0 N–H and O–H groups in total. The van der Waals surface area contributed by atoms with Crippen molar-refractivity contribution >= 4 is 33.8 Å². The molecule has 0 saturated heterocycles. The molecule has 0 aliphatic carbocycles. The van der Waals surface area contributed by atoms with Crippen molar-refractivity contribution in [2.75, 3.05) is 0 Å². The molecule has 2 aromatic carbocycles. The zero-order valence-corrected chi connectivity index (χ0v) is 12.9. The molecule has 1 aromatic heterocycles. The minimum atomic E-state index is 0.729. The SMILES string of the molecule is Cc1cc(/C(C#N)=C\c2ccc3ccccc3c2)c(C)s1. The Hall–Kier alpha value is -2.37. The van der Waals surface area contributed by atoms with Crippen molar-refractivity contribution < 1.29 is 0 Å². The van der Waals surface area contributed by atoms with Crippen LogP contribution in [0.1, 0.15) is 20.9 Å². The molecule has 2 heteroatoms. The van der Waals surface area contributed by atoms with Gasteiger partial charge in [-0.25, -0.2) is 0 Å². The summed E-state index contributed by atoms with van der Waals surface area (Å²) < 4.78 is 0. The van der Waals surface area contributed by atoms with E-state index in [1.165, 1.54) is 20.5 Å². The van der Waals surface area contributed by atoms with Crippen molar-refractivity contribution in [3.05, 3.63) is 69.4 Å². The van der Waals surface area contributed by atoms with Crippen LogP contribution in [-0.4, -0.2) is 0 Å². The van der Waals surface area contributed by atoms with Gasteiger partial charge in [0.2, 0.25) is 0 Å². The average molecular weight is 289 g/mol. The van der Waals surface area contributed by atoms with E-state index in [0.717, 1.165) is 16.7 Å². The number of aryl methyl sites for hydroxylation is 2. The van der Waals surface area contributed by atoms with Crippen LogP contribution in [0.15, 0.2) is 48.5 Å². The van der Waals surface area contributed by atoms with Crippen LogP contribution in [0.4, 0.5) is 0 Å². The monoisotopic (exact) mass is 289 g/mol. The fourth-order valence-corrected chi connectivity index (χ4v) is 3.47. The Labute approximate surface area is 128 Å². The molecular weight excluding hydrogens is 274 g/mol. The smallest absolute Gasteiger partial charge is 0.0998 e. The van der Waals surface area contributed by atoms with E-state index in [1.54, 1.807) is 11.3 Å². The normalized spacial score (nSPS) is 11.6. The molecule has 0 radical (unpaired) electrons. The third kappa shape index (κ3) is 2.74. The topological polar surface area (TPSA) is 23.8 Å². The van der Waals surface area contributed by atoms with Crippen LogP contribution in [0.5, 0.6) is 0 Å². The first-order chi connectivity index (χ1) is 10.2. The highest BCUT2D eigenvalue weighted by atomic mass is 32.1. The predicted octanol–water partition coefficient (Wildman–Crippen LogP) is 5.58. The Bertz CT molecular complexity index is 878. The molecule has 0 fully saturated rings. The van der Waals surface area contributed by atoms with Crippen LogP contribution < -0.4 is 0 Å². The van der Waals surface area contributed by atoms with Gasteiger partial charge in [0.25, 0.3) is 0 Å². The molecule has 0 unspecified atom stereocenters. The minimum absolute atomic E-state index is 0.729. The second-order valence-electron chi connectivity index (χ2n) is 5.10. The summed E-state index contributed by atoms with van der Waals surface area (Å²) in [5.74, 6) is 0. The number of benzene rings is 2. The highest BCUT2D eigenvalue weighted by Crippen LogP contribution is 2.28. The first-order valence-corrected chi connectivity index (χ1v) is 7.67. The van der Waals surface area contributed by atoms with Gasteiger partial charge in [-0.15, -0.1) is 11.3 Å². The molecule has 0 spiro atoms. The van der Waals surface area contributed by atoms with Gasteiger partial charge in [0.05, 0.1) is 11.6 Å². The van der Waals surface area contributed by atoms with Crippen molar-refractivity contribution in [3.63, 3.8) is 0 Å². The molecule has 0 saturated carbocycles. The first-order valence-electron chi connectivity index (χ1n) is 6.85. The largest absolute Gasteiger partial charge is 0.192 e. The Morgan fingerprint density at radius 2 is 1.81 bits per heavy atom. The third-order valence-corrected chi connectivity index (χ3v) is 4.50. The quantitative estimate of drug-likeness (QED) is 0.565. The second-order valence-corrected chi connectivity index (χ2v) is 6.56. The third-order valence-electron chi connectivity index (χ3n) is 3.54. The standard InChI is InChI=1S/C19H15NS/c1-13-9-19(14(2)21-13)18(12-20)11-15-7-8-16-5-3-4-6-17(16)10-15/h3-11H,1-2H3/b18-11-. The van der Waals surface area contributed by atoms with E-state index in [-0.39, 0.29) is 0 Å². The zero-order chi connectivity index (χ0) is 14.8. The summed E-state index contributed by atoms with van der Waals surface area (Å²) in [6.07, 6.45) is 1.97. The molecule has 21 heavy (non-hydrogen) atoms. The molecule has 3 aromatic rings. The maximum absolute atomic E-state index is 9.47. The Kier molecular flexibility index (Phi) is 3.60. The number of allylic oxidation sites excluding steroid dienone is 1. The first kappa shape index (κ1) is 13.6. The molecule has 1 heterocycles. The number of fused-ring (bicyclic) bond motifs is 1. The number of hydrogen-bond donors (Lipinski definition) is 0. The number of nitrogens with zero attached hydrogens (tertiary/aromatic N) is 1. The van der Waals surface area contributed by atoms with Crippen molar-refractivity contribution in [2.24, 2.45) is 0 Å². The van der Waals surface area contributed by atoms with Crippen molar-refractivity contribution in [2.45, 2.75) is 13.8 Å². The van der Waals surface area contributed by atoms with Crippen LogP contribution in [0.25, 0.3) is 22.4 Å². The summed E-state index contributed by atoms with van der Waals surface area (Å²) >= 11 is 1.73. The number of rotatable bonds is 2. The number of nitriles is 1. The van der Waals surface area contributed by atoms with Crippen molar-refractivity contribution in [1.29, 1.82) is 5.26 Å². The summed E-state index contributed by atoms with van der Waals surface area (Å²) in [6, 6.07) is 19.0. The zero-order valence-electron chi connectivity index (χ0n) is 12.1. The van der Waals surface area contributed by atoms with Crippen LogP contribution in [0.3, 0.4) is 0 Å². The lowest BCUT2D eigenvalue weighted by Crippen LogP contribution is -1.82. The lowest BCUT2D eigenvalue weighted by molar-refractivity contribution is 1.50. The minimum Gasteiger partial charge on any atom is -0.192 e. The Morgan fingerprint density at radius 1 is 1.05 bits per heavy atom. The average Bonchev–Trinajstić information content (AvgIpc) is 2.83. The van der Waals surface area contributed by atoms with Crippen molar-refractivity contribution in [1.82, 2.24) is 0 Å². The number of hydrogen-bond acceptors (Lipinski definition) is 2. The van der Waals surface area contributed by atoms with Crippen LogP contribution in [-0.2, 0) is 0 Å². The maximum Gasteiger partial charge on any atom is 0.0998 e.